The molecule has 0 aliphatic heterocycles. The van der Waals surface area contributed by atoms with E-state index < -0.39 is 15.6 Å². The summed E-state index contributed by atoms with van der Waals surface area (Å²) >= 11 is 3.31. The molecular weight excluding hydrogens is 340 g/mol. The minimum atomic E-state index is -3.53. The molecular formula is C14H21BrN2O2S. The summed E-state index contributed by atoms with van der Waals surface area (Å²) in [5, 5.41) is 0. The number of halogens is 1. The fourth-order valence-electron chi connectivity index (χ4n) is 2.85. The van der Waals surface area contributed by atoms with E-state index in [4.69, 9.17) is 5.73 Å². The van der Waals surface area contributed by atoms with E-state index in [0.717, 1.165) is 30.2 Å². The van der Waals surface area contributed by atoms with Gasteiger partial charge in [-0.3, -0.25) is 0 Å². The van der Waals surface area contributed by atoms with Gasteiger partial charge in [-0.25, -0.2) is 13.1 Å². The van der Waals surface area contributed by atoms with E-state index in [2.05, 4.69) is 27.6 Å². The second-order valence-electron chi connectivity index (χ2n) is 5.57. The number of hydrogen-bond acceptors (Lipinski definition) is 3. The summed E-state index contributed by atoms with van der Waals surface area (Å²) in [5.74, 6) is 0.256. The predicted molar refractivity (Wildman–Crippen MR) is 83.9 cm³/mol. The largest absolute Gasteiger partial charge is 0.329 e. The van der Waals surface area contributed by atoms with Gasteiger partial charge in [0.2, 0.25) is 10.0 Å². The maximum atomic E-state index is 12.5. The maximum absolute atomic E-state index is 12.5. The lowest BCUT2D eigenvalue weighted by atomic mass is 9.74. The van der Waals surface area contributed by atoms with Crippen molar-refractivity contribution in [2.75, 3.05) is 6.54 Å². The van der Waals surface area contributed by atoms with Crippen LogP contribution in [0.4, 0.5) is 0 Å². The van der Waals surface area contributed by atoms with Crippen molar-refractivity contribution in [2.24, 2.45) is 11.7 Å². The van der Waals surface area contributed by atoms with Crippen LogP contribution in [-0.2, 0) is 10.0 Å². The molecule has 1 aromatic carbocycles. The highest BCUT2D eigenvalue weighted by molar-refractivity contribution is 9.10. The van der Waals surface area contributed by atoms with Gasteiger partial charge in [-0.1, -0.05) is 35.7 Å². The molecule has 1 fully saturated rings. The minimum absolute atomic E-state index is 0.256. The van der Waals surface area contributed by atoms with Gasteiger partial charge in [-0.2, -0.15) is 0 Å². The summed E-state index contributed by atoms with van der Waals surface area (Å²) in [7, 11) is -3.53. The molecule has 3 N–H and O–H groups in total. The number of sulfonamides is 1. The van der Waals surface area contributed by atoms with Crippen LogP contribution >= 0.6 is 15.9 Å². The van der Waals surface area contributed by atoms with E-state index in [1.807, 2.05) is 0 Å². The molecule has 0 radical (unpaired) electrons. The van der Waals surface area contributed by atoms with Crippen LogP contribution in [0.25, 0.3) is 0 Å². The summed E-state index contributed by atoms with van der Waals surface area (Å²) < 4.78 is 28.8. The second kappa shape index (κ2) is 6.13. The van der Waals surface area contributed by atoms with E-state index in [0.29, 0.717) is 6.54 Å². The first kappa shape index (κ1) is 15.9. The Morgan fingerprint density at radius 2 is 2.00 bits per heavy atom. The first-order valence-corrected chi connectivity index (χ1v) is 9.17. The molecule has 1 aliphatic rings. The maximum Gasteiger partial charge on any atom is 0.241 e. The quantitative estimate of drug-likeness (QED) is 0.866. The summed E-state index contributed by atoms with van der Waals surface area (Å²) in [6, 6.07) is 6.66. The topological polar surface area (TPSA) is 72.2 Å². The highest BCUT2D eigenvalue weighted by Gasteiger charge is 2.40. The molecule has 4 nitrogen and oxygen atoms in total. The Balaban J connectivity index is 2.28. The third kappa shape index (κ3) is 3.24. The van der Waals surface area contributed by atoms with Crippen LogP contribution in [0.5, 0.6) is 0 Å². The third-order valence-electron chi connectivity index (χ3n) is 4.28. The van der Waals surface area contributed by atoms with Crippen LogP contribution in [0, 0.1) is 5.92 Å². The lowest BCUT2D eigenvalue weighted by molar-refractivity contribution is 0.191. The Bertz CT molecular complexity index is 559. The van der Waals surface area contributed by atoms with E-state index in [1.54, 1.807) is 24.3 Å². The molecule has 0 amide bonds. The van der Waals surface area contributed by atoms with Gasteiger partial charge < -0.3 is 5.73 Å². The molecule has 1 aromatic rings. The first-order valence-electron chi connectivity index (χ1n) is 6.89. The van der Waals surface area contributed by atoms with Crippen molar-refractivity contribution in [3.63, 3.8) is 0 Å². The van der Waals surface area contributed by atoms with E-state index >= 15 is 0 Å². The molecule has 0 bridgehead atoms. The molecule has 2 unspecified atom stereocenters. The number of rotatable bonds is 4. The molecule has 112 valence electrons. The Hall–Kier alpha value is -0.430. The van der Waals surface area contributed by atoms with Gasteiger partial charge in [0.05, 0.1) is 4.90 Å². The average Bonchev–Trinajstić information content (AvgIpc) is 2.42. The summed E-state index contributed by atoms with van der Waals surface area (Å²) in [5.41, 5.74) is 5.39. The van der Waals surface area contributed by atoms with E-state index in [-0.39, 0.29) is 10.8 Å². The third-order valence-corrected chi connectivity index (χ3v) is 6.38. The van der Waals surface area contributed by atoms with Gasteiger partial charge in [0, 0.05) is 16.6 Å². The zero-order chi connectivity index (χ0) is 14.8. The first-order chi connectivity index (χ1) is 9.39. The molecule has 0 spiro atoms. The fraction of sp³-hybridized carbons (Fsp3) is 0.571. The van der Waals surface area contributed by atoms with Gasteiger partial charge in [-0.05, 0) is 43.0 Å². The number of nitrogens with two attached hydrogens (primary N) is 1. The van der Waals surface area contributed by atoms with Gasteiger partial charge in [-0.15, -0.1) is 0 Å². The number of benzene rings is 1. The number of nitrogens with one attached hydrogen (secondary N) is 1. The average molecular weight is 361 g/mol. The zero-order valence-electron chi connectivity index (χ0n) is 11.6. The van der Waals surface area contributed by atoms with Crippen molar-refractivity contribution >= 4 is 26.0 Å². The van der Waals surface area contributed by atoms with E-state index in [9.17, 15) is 8.42 Å². The molecule has 0 aromatic heterocycles. The summed E-state index contributed by atoms with van der Waals surface area (Å²) in [6.07, 6.45) is 3.98. The van der Waals surface area contributed by atoms with Crippen LogP contribution in [-0.4, -0.2) is 20.5 Å². The molecule has 0 heterocycles. The predicted octanol–water partition coefficient (Wildman–Crippen LogP) is 2.64. The van der Waals surface area contributed by atoms with Crippen molar-refractivity contribution < 1.29 is 8.42 Å². The van der Waals surface area contributed by atoms with Gasteiger partial charge in [0.25, 0.3) is 0 Å². The van der Waals surface area contributed by atoms with Crippen molar-refractivity contribution in [3.05, 3.63) is 28.7 Å². The van der Waals surface area contributed by atoms with Crippen LogP contribution < -0.4 is 10.5 Å². The van der Waals surface area contributed by atoms with Crippen molar-refractivity contribution in [1.82, 2.24) is 4.72 Å². The van der Waals surface area contributed by atoms with Crippen LogP contribution in [0.15, 0.2) is 33.6 Å². The molecule has 2 atom stereocenters. The monoisotopic (exact) mass is 360 g/mol. The summed E-state index contributed by atoms with van der Waals surface area (Å²) in [6.45, 7) is 2.42. The minimum Gasteiger partial charge on any atom is -0.329 e. The number of hydrogen-bond donors (Lipinski definition) is 2. The molecule has 1 aliphatic carbocycles. The van der Waals surface area contributed by atoms with Gasteiger partial charge in [0.15, 0.2) is 0 Å². The molecule has 0 saturated heterocycles. The van der Waals surface area contributed by atoms with Crippen LogP contribution in [0.3, 0.4) is 0 Å². The SMILES string of the molecule is CC1CCCCC1(CN)NS(=O)(=O)c1ccc(Br)cc1. The highest BCUT2D eigenvalue weighted by Crippen LogP contribution is 2.34. The van der Waals surface area contributed by atoms with Crippen molar-refractivity contribution in [3.8, 4) is 0 Å². The standard InChI is InChI=1S/C14H21BrN2O2S/c1-11-4-2-3-9-14(11,10-16)17-20(18,19)13-7-5-12(15)6-8-13/h5-8,11,17H,2-4,9-10,16H2,1H3. The van der Waals surface area contributed by atoms with Crippen molar-refractivity contribution in [2.45, 2.75) is 43.0 Å². The Morgan fingerprint density at radius 1 is 1.35 bits per heavy atom. The smallest absolute Gasteiger partial charge is 0.241 e. The molecule has 6 heteroatoms. The lowest BCUT2D eigenvalue weighted by Crippen LogP contribution is -2.58. The van der Waals surface area contributed by atoms with Gasteiger partial charge >= 0.3 is 0 Å². The van der Waals surface area contributed by atoms with Crippen molar-refractivity contribution in [1.29, 1.82) is 0 Å². The Labute approximate surface area is 129 Å². The lowest BCUT2D eigenvalue weighted by Gasteiger charge is -2.42. The highest BCUT2D eigenvalue weighted by atomic mass is 79.9. The molecule has 1 saturated carbocycles. The molecule has 2 rings (SSSR count). The fourth-order valence-corrected chi connectivity index (χ4v) is 4.65. The Morgan fingerprint density at radius 3 is 2.55 bits per heavy atom. The normalized spacial score (nSPS) is 27.4. The van der Waals surface area contributed by atoms with Crippen LogP contribution in [0.2, 0.25) is 0 Å². The summed E-state index contributed by atoms with van der Waals surface area (Å²) in [4.78, 5) is 0.284. The van der Waals surface area contributed by atoms with Gasteiger partial charge in [0.1, 0.15) is 0 Å². The zero-order valence-corrected chi connectivity index (χ0v) is 14.0. The molecule has 20 heavy (non-hydrogen) atoms. The van der Waals surface area contributed by atoms with E-state index in [1.165, 1.54) is 0 Å². The Kier molecular flexibility index (Phi) is 4.89. The van der Waals surface area contributed by atoms with Crippen LogP contribution in [0.1, 0.15) is 32.6 Å². The second-order valence-corrected chi connectivity index (χ2v) is 8.16.